The number of carbonyl (C=O) groups excluding carboxylic acids is 3. The lowest BCUT2D eigenvalue weighted by Gasteiger charge is -2.33. The maximum atomic E-state index is 12.6. The highest BCUT2D eigenvalue weighted by atomic mass is 16.6. The number of piperidine rings is 1. The molecule has 0 radical (unpaired) electrons. The van der Waals surface area contributed by atoms with Gasteiger partial charge in [0.2, 0.25) is 0 Å². The van der Waals surface area contributed by atoms with Crippen molar-refractivity contribution in [2.45, 2.75) is 78.0 Å². The monoisotopic (exact) mass is 432 g/mol. The Hall–Kier alpha value is -2.57. The standard InChI is InChI=1S/C24H36N2O5/c1-6-10-20(18-11-8-7-9-12-18)25-21(27)17(2)30-22(28)19-13-15-26(16-14-19)23(29)31-24(3,4)5/h7-9,11-12,17,19-20H,6,10,13-16H2,1-5H3,(H,25,27)/t17-,20+/m0/s1. The van der Waals surface area contributed by atoms with Crippen molar-refractivity contribution < 1.29 is 23.9 Å². The lowest BCUT2D eigenvalue weighted by Crippen LogP contribution is -2.44. The Morgan fingerprint density at radius 1 is 1.13 bits per heavy atom. The molecule has 1 aliphatic rings. The molecular weight excluding hydrogens is 396 g/mol. The van der Waals surface area contributed by atoms with E-state index in [-0.39, 0.29) is 24.0 Å². The zero-order valence-corrected chi connectivity index (χ0v) is 19.3. The van der Waals surface area contributed by atoms with Crippen LogP contribution in [0.3, 0.4) is 0 Å². The molecule has 0 bridgehead atoms. The molecule has 2 atom stereocenters. The molecule has 7 heteroatoms. The lowest BCUT2D eigenvalue weighted by atomic mass is 9.97. The molecule has 1 aromatic carbocycles. The van der Waals surface area contributed by atoms with Gasteiger partial charge in [0.1, 0.15) is 5.60 Å². The number of likely N-dealkylation sites (tertiary alicyclic amines) is 1. The van der Waals surface area contributed by atoms with Gasteiger partial charge in [-0.2, -0.15) is 0 Å². The van der Waals surface area contributed by atoms with Crippen LogP contribution in [-0.4, -0.2) is 47.7 Å². The fraction of sp³-hybridized carbons (Fsp3) is 0.625. The van der Waals surface area contributed by atoms with Gasteiger partial charge in [-0.25, -0.2) is 4.79 Å². The molecule has 0 saturated carbocycles. The van der Waals surface area contributed by atoms with Crippen LogP contribution in [0, 0.1) is 5.92 Å². The van der Waals surface area contributed by atoms with Crippen LogP contribution in [0.1, 0.15) is 71.9 Å². The number of carbonyl (C=O) groups is 3. The first-order chi connectivity index (χ1) is 14.6. The highest BCUT2D eigenvalue weighted by Crippen LogP contribution is 2.22. The van der Waals surface area contributed by atoms with Gasteiger partial charge in [-0.3, -0.25) is 9.59 Å². The molecule has 0 spiro atoms. The molecule has 172 valence electrons. The van der Waals surface area contributed by atoms with Crippen molar-refractivity contribution in [1.29, 1.82) is 0 Å². The minimum Gasteiger partial charge on any atom is -0.452 e. The highest BCUT2D eigenvalue weighted by Gasteiger charge is 2.32. The summed E-state index contributed by atoms with van der Waals surface area (Å²) < 4.78 is 10.8. The minimum absolute atomic E-state index is 0.114. The van der Waals surface area contributed by atoms with E-state index in [0.29, 0.717) is 25.9 Å². The summed E-state index contributed by atoms with van der Waals surface area (Å²) in [7, 11) is 0. The molecule has 2 rings (SSSR count). The van der Waals surface area contributed by atoms with E-state index in [9.17, 15) is 14.4 Å². The fourth-order valence-electron chi connectivity index (χ4n) is 3.53. The maximum Gasteiger partial charge on any atom is 0.410 e. The van der Waals surface area contributed by atoms with Crippen LogP contribution < -0.4 is 5.32 Å². The molecule has 1 saturated heterocycles. The summed E-state index contributed by atoms with van der Waals surface area (Å²) in [5, 5.41) is 3.00. The number of benzene rings is 1. The minimum atomic E-state index is -0.876. The van der Waals surface area contributed by atoms with Crippen LogP contribution in [0.4, 0.5) is 4.79 Å². The zero-order valence-electron chi connectivity index (χ0n) is 19.3. The number of hydrogen-bond donors (Lipinski definition) is 1. The molecule has 1 aliphatic heterocycles. The molecule has 2 amide bonds. The van der Waals surface area contributed by atoms with E-state index >= 15 is 0 Å². The third-order valence-electron chi connectivity index (χ3n) is 5.24. The van der Waals surface area contributed by atoms with Crippen molar-refractivity contribution in [2.75, 3.05) is 13.1 Å². The molecule has 1 fully saturated rings. The topological polar surface area (TPSA) is 84.9 Å². The molecule has 1 N–H and O–H groups in total. The van der Waals surface area contributed by atoms with Crippen LogP contribution in [-0.2, 0) is 19.1 Å². The van der Waals surface area contributed by atoms with Gasteiger partial charge in [-0.05, 0) is 52.5 Å². The molecule has 7 nitrogen and oxygen atoms in total. The fourth-order valence-corrected chi connectivity index (χ4v) is 3.53. The van der Waals surface area contributed by atoms with E-state index in [2.05, 4.69) is 12.2 Å². The predicted molar refractivity (Wildman–Crippen MR) is 118 cm³/mol. The molecular formula is C24H36N2O5. The van der Waals surface area contributed by atoms with E-state index in [1.165, 1.54) is 0 Å². The van der Waals surface area contributed by atoms with E-state index in [0.717, 1.165) is 18.4 Å². The van der Waals surface area contributed by atoms with Gasteiger partial charge in [0.15, 0.2) is 6.10 Å². The lowest BCUT2D eigenvalue weighted by molar-refractivity contribution is -0.160. The first-order valence-corrected chi connectivity index (χ1v) is 11.1. The van der Waals surface area contributed by atoms with Crippen LogP contribution in [0.25, 0.3) is 0 Å². The van der Waals surface area contributed by atoms with Crippen molar-refractivity contribution in [3.05, 3.63) is 35.9 Å². The normalized spacial score (nSPS) is 16.9. The molecule has 1 heterocycles. The third-order valence-corrected chi connectivity index (χ3v) is 5.24. The molecule has 0 unspecified atom stereocenters. The summed E-state index contributed by atoms with van der Waals surface area (Å²) in [4.78, 5) is 39.0. The number of nitrogens with zero attached hydrogens (tertiary/aromatic N) is 1. The Labute approximate surface area is 185 Å². The van der Waals surface area contributed by atoms with Gasteiger partial charge >= 0.3 is 12.1 Å². The Morgan fingerprint density at radius 2 is 1.74 bits per heavy atom. The summed E-state index contributed by atoms with van der Waals surface area (Å²) >= 11 is 0. The van der Waals surface area contributed by atoms with Gasteiger partial charge in [-0.15, -0.1) is 0 Å². The number of esters is 1. The average molecular weight is 433 g/mol. The third kappa shape index (κ3) is 7.89. The van der Waals surface area contributed by atoms with E-state index in [1.54, 1.807) is 11.8 Å². The predicted octanol–water partition coefficient (Wildman–Crippen LogP) is 4.22. The number of amides is 2. The van der Waals surface area contributed by atoms with Gasteiger partial charge in [-0.1, -0.05) is 43.7 Å². The Morgan fingerprint density at radius 3 is 2.29 bits per heavy atom. The van der Waals surface area contributed by atoms with E-state index in [4.69, 9.17) is 9.47 Å². The van der Waals surface area contributed by atoms with E-state index < -0.39 is 17.7 Å². The maximum absolute atomic E-state index is 12.6. The SMILES string of the molecule is CCC[C@@H](NC(=O)[C@H](C)OC(=O)C1CCN(C(=O)OC(C)(C)C)CC1)c1ccccc1. The molecule has 0 aliphatic carbocycles. The second kappa shape index (κ2) is 11.2. The summed E-state index contributed by atoms with van der Waals surface area (Å²) in [6.45, 7) is 9.99. The first kappa shape index (κ1) is 24.7. The smallest absolute Gasteiger partial charge is 0.410 e. The van der Waals surface area contributed by atoms with Gasteiger partial charge in [0.25, 0.3) is 5.91 Å². The van der Waals surface area contributed by atoms with Gasteiger partial charge in [0.05, 0.1) is 12.0 Å². The number of hydrogen-bond acceptors (Lipinski definition) is 5. The number of ether oxygens (including phenoxy) is 2. The number of rotatable bonds is 7. The Bertz CT molecular complexity index is 736. The average Bonchev–Trinajstić information content (AvgIpc) is 2.72. The Kier molecular flexibility index (Phi) is 8.89. The van der Waals surface area contributed by atoms with Gasteiger partial charge in [0, 0.05) is 13.1 Å². The largest absolute Gasteiger partial charge is 0.452 e. The van der Waals surface area contributed by atoms with Crippen molar-refractivity contribution in [3.8, 4) is 0 Å². The second-order valence-electron chi connectivity index (χ2n) is 9.08. The van der Waals surface area contributed by atoms with Crippen LogP contribution in [0.15, 0.2) is 30.3 Å². The van der Waals surface area contributed by atoms with Crippen molar-refractivity contribution in [3.63, 3.8) is 0 Å². The van der Waals surface area contributed by atoms with Crippen molar-refractivity contribution in [2.24, 2.45) is 5.92 Å². The molecule has 1 aromatic rings. The van der Waals surface area contributed by atoms with Crippen LogP contribution >= 0.6 is 0 Å². The number of nitrogens with one attached hydrogen (secondary N) is 1. The summed E-state index contributed by atoms with van der Waals surface area (Å²) in [6.07, 6.45) is 1.47. The highest BCUT2D eigenvalue weighted by molar-refractivity contribution is 5.84. The first-order valence-electron chi connectivity index (χ1n) is 11.1. The van der Waals surface area contributed by atoms with Crippen molar-refractivity contribution in [1.82, 2.24) is 10.2 Å². The van der Waals surface area contributed by atoms with Crippen LogP contribution in [0.2, 0.25) is 0 Å². The quantitative estimate of drug-likeness (QED) is 0.652. The summed E-state index contributed by atoms with van der Waals surface area (Å²) in [5.74, 6) is -1.02. The summed E-state index contributed by atoms with van der Waals surface area (Å²) in [6, 6.07) is 9.67. The summed E-state index contributed by atoms with van der Waals surface area (Å²) in [5.41, 5.74) is 0.483. The van der Waals surface area contributed by atoms with Gasteiger partial charge < -0.3 is 19.7 Å². The zero-order chi connectivity index (χ0) is 23.0. The van der Waals surface area contributed by atoms with Crippen molar-refractivity contribution >= 4 is 18.0 Å². The van der Waals surface area contributed by atoms with Crippen LogP contribution in [0.5, 0.6) is 0 Å². The Balaban J connectivity index is 1.83. The molecule has 0 aromatic heterocycles. The molecule has 31 heavy (non-hydrogen) atoms. The van der Waals surface area contributed by atoms with E-state index in [1.807, 2.05) is 51.1 Å². The second-order valence-corrected chi connectivity index (χ2v) is 9.08.